The Morgan fingerprint density at radius 2 is 1.45 bits per heavy atom. The molecule has 0 aliphatic heterocycles. The number of rotatable bonds is 4. The maximum atomic E-state index is 12.8. The first kappa shape index (κ1) is 18.5. The second-order valence-corrected chi connectivity index (χ2v) is 6.81. The molecule has 1 aliphatic carbocycles. The van der Waals surface area contributed by atoms with E-state index >= 15 is 0 Å². The smallest absolute Gasteiger partial charge is 0.192 e. The molecule has 1 unspecified atom stereocenters. The van der Waals surface area contributed by atoms with Crippen molar-refractivity contribution in [1.29, 1.82) is 0 Å². The van der Waals surface area contributed by atoms with Gasteiger partial charge in [-0.25, -0.2) is 0 Å². The van der Waals surface area contributed by atoms with Gasteiger partial charge in [-0.05, 0) is 36.3 Å². The van der Waals surface area contributed by atoms with Crippen LogP contribution in [-0.2, 0) is 0 Å². The van der Waals surface area contributed by atoms with Gasteiger partial charge in [0.1, 0.15) is 5.75 Å². The van der Waals surface area contributed by atoms with Crippen LogP contribution in [0.2, 0.25) is 0 Å². The molecule has 0 spiro atoms. The van der Waals surface area contributed by atoms with Gasteiger partial charge in [-0.1, -0.05) is 84.8 Å². The maximum absolute atomic E-state index is 12.8. The first-order valence-corrected chi connectivity index (χ1v) is 9.56. The molecule has 0 saturated carbocycles. The van der Waals surface area contributed by atoms with E-state index in [9.17, 15) is 4.79 Å². The number of benzene rings is 3. The minimum absolute atomic E-state index is 0.00572. The lowest BCUT2D eigenvalue weighted by Gasteiger charge is -2.28. The first-order valence-electron chi connectivity index (χ1n) is 9.56. The molecule has 29 heavy (non-hydrogen) atoms. The van der Waals surface area contributed by atoms with Gasteiger partial charge in [0, 0.05) is 23.1 Å². The molecule has 2 heteroatoms. The van der Waals surface area contributed by atoms with Crippen LogP contribution in [0.1, 0.15) is 22.3 Å². The molecule has 3 aromatic rings. The van der Waals surface area contributed by atoms with E-state index in [-0.39, 0.29) is 5.78 Å². The van der Waals surface area contributed by atoms with Crippen LogP contribution in [0.4, 0.5) is 0 Å². The number of hydrogen-bond donors (Lipinski definition) is 0. The van der Waals surface area contributed by atoms with Crippen molar-refractivity contribution in [3.8, 4) is 17.6 Å². The summed E-state index contributed by atoms with van der Waals surface area (Å²) in [5, 5.41) is 0. The second kappa shape index (κ2) is 8.46. The van der Waals surface area contributed by atoms with Crippen LogP contribution in [0.3, 0.4) is 0 Å². The Bertz CT molecular complexity index is 1100. The maximum Gasteiger partial charge on any atom is 0.192 e. The van der Waals surface area contributed by atoms with Crippen LogP contribution in [0.25, 0.3) is 0 Å². The van der Waals surface area contributed by atoms with Gasteiger partial charge in [-0.15, -0.1) is 0 Å². The Morgan fingerprint density at radius 1 is 0.828 bits per heavy atom. The van der Waals surface area contributed by atoms with Gasteiger partial charge in [-0.2, -0.15) is 0 Å². The van der Waals surface area contributed by atoms with Crippen molar-refractivity contribution in [2.24, 2.45) is 0 Å². The van der Waals surface area contributed by atoms with Crippen LogP contribution >= 0.6 is 0 Å². The van der Waals surface area contributed by atoms with E-state index in [1.165, 1.54) is 0 Å². The molecule has 0 amide bonds. The van der Waals surface area contributed by atoms with Gasteiger partial charge in [0.2, 0.25) is 0 Å². The second-order valence-electron chi connectivity index (χ2n) is 6.81. The van der Waals surface area contributed by atoms with Crippen molar-refractivity contribution in [2.75, 3.05) is 0 Å². The van der Waals surface area contributed by atoms with E-state index in [0.717, 1.165) is 11.3 Å². The van der Waals surface area contributed by atoms with Crippen molar-refractivity contribution in [3.05, 3.63) is 126 Å². The number of carbonyl (C=O) groups is 1. The number of hydrogen-bond acceptors (Lipinski definition) is 2. The average Bonchev–Trinajstić information content (AvgIpc) is 2.80. The third kappa shape index (κ3) is 4.54. The standard InChI is InChI=1S/C27H20O2/c28-26(23-12-6-2-7-13-23)24-17-20-27(21-18-24,29-25-14-8-3-9-15-25)19-16-22-10-4-1-5-11-22/h1-15,17-18,20H,21H2. The average molecular weight is 376 g/mol. The van der Waals surface area contributed by atoms with E-state index < -0.39 is 5.60 Å². The minimum Gasteiger partial charge on any atom is -0.471 e. The number of ether oxygens (including phenoxy) is 1. The largest absolute Gasteiger partial charge is 0.471 e. The minimum atomic E-state index is -0.822. The predicted octanol–water partition coefficient (Wildman–Crippen LogP) is 5.63. The Hall–Kier alpha value is -3.83. The lowest BCUT2D eigenvalue weighted by Crippen LogP contribution is -2.33. The van der Waals surface area contributed by atoms with Crippen molar-refractivity contribution in [1.82, 2.24) is 0 Å². The molecular weight excluding hydrogens is 356 g/mol. The van der Waals surface area contributed by atoms with E-state index in [2.05, 4.69) is 11.8 Å². The monoisotopic (exact) mass is 376 g/mol. The molecule has 0 heterocycles. The number of allylic oxidation sites excluding steroid dienone is 2. The lowest BCUT2D eigenvalue weighted by molar-refractivity contribution is 0.103. The topological polar surface area (TPSA) is 26.3 Å². The summed E-state index contributed by atoms with van der Waals surface area (Å²) < 4.78 is 6.28. The molecule has 1 aliphatic rings. The molecule has 0 fully saturated rings. The zero-order valence-electron chi connectivity index (χ0n) is 15.9. The van der Waals surface area contributed by atoms with Crippen LogP contribution in [0.5, 0.6) is 5.75 Å². The quantitative estimate of drug-likeness (QED) is 0.436. The van der Waals surface area contributed by atoms with E-state index in [1.807, 2.05) is 109 Å². The molecule has 3 aromatic carbocycles. The molecule has 0 bridgehead atoms. The molecule has 0 radical (unpaired) electrons. The Balaban J connectivity index is 1.63. The molecule has 0 aromatic heterocycles. The van der Waals surface area contributed by atoms with Crippen LogP contribution in [0.15, 0.2) is 115 Å². The molecule has 140 valence electrons. The van der Waals surface area contributed by atoms with Crippen molar-refractivity contribution in [2.45, 2.75) is 12.0 Å². The summed E-state index contributed by atoms with van der Waals surface area (Å²) in [5.74, 6) is 7.24. The van der Waals surface area contributed by atoms with Crippen LogP contribution in [0, 0.1) is 11.8 Å². The van der Waals surface area contributed by atoms with E-state index in [1.54, 1.807) is 0 Å². The van der Waals surface area contributed by atoms with Gasteiger partial charge < -0.3 is 4.74 Å². The summed E-state index contributed by atoms with van der Waals surface area (Å²) in [6.07, 6.45) is 6.12. The summed E-state index contributed by atoms with van der Waals surface area (Å²) in [5.41, 5.74) is 1.44. The molecule has 0 N–H and O–H groups in total. The normalized spacial score (nSPS) is 17.6. The first-order chi connectivity index (χ1) is 14.2. The summed E-state index contributed by atoms with van der Waals surface area (Å²) in [6.45, 7) is 0. The third-order valence-electron chi connectivity index (χ3n) is 4.69. The number of para-hydroxylation sites is 1. The highest BCUT2D eigenvalue weighted by atomic mass is 16.5. The van der Waals surface area contributed by atoms with Gasteiger partial charge in [-0.3, -0.25) is 4.79 Å². The van der Waals surface area contributed by atoms with Crippen LogP contribution in [-0.4, -0.2) is 11.4 Å². The number of ketones is 1. The fourth-order valence-corrected chi connectivity index (χ4v) is 3.14. The predicted molar refractivity (Wildman–Crippen MR) is 116 cm³/mol. The zero-order chi connectivity index (χ0) is 19.9. The van der Waals surface area contributed by atoms with Gasteiger partial charge in [0.05, 0.1) is 0 Å². The summed E-state index contributed by atoms with van der Waals surface area (Å²) in [7, 11) is 0. The third-order valence-corrected chi connectivity index (χ3v) is 4.69. The Kier molecular flexibility index (Phi) is 5.40. The summed E-state index contributed by atoms with van der Waals surface area (Å²) in [6, 6.07) is 28.7. The highest BCUT2D eigenvalue weighted by Crippen LogP contribution is 2.28. The molecule has 4 rings (SSSR count). The molecule has 0 saturated heterocycles. The fraction of sp³-hybridized carbons (Fsp3) is 0.0741. The summed E-state index contributed by atoms with van der Waals surface area (Å²) >= 11 is 0. The SMILES string of the molecule is O=C(C1=CCC(C#Cc2ccccc2)(Oc2ccccc2)C=C1)c1ccccc1. The molecule has 2 nitrogen and oxygen atoms in total. The fourth-order valence-electron chi connectivity index (χ4n) is 3.14. The molecule has 1 atom stereocenters. The molecular formula is C27H20O2. The van der Waals surface area contributed by atoms with Gasteiger partial charge >= 0.3 is 0 Å². The van der Waals surface area contributed by atoms with Crippen LogP contribution < -0.4 is 4.74 Å². The lowest BCUT2D eigenvalue weighted by atomic mass is 9.89. The van der Waals surface area contributed by atoms with E-state index in [4.69, 9.17) is 4.74 Å². The zero-order valence-corrected chi connectivity index (χ0v) is 15.9. The van der Waals surface area contributed by atoms with E-state index in [0.29, 0.717) is 17.6 Å². The summed E-state index contributed by atoms with van der Waals surface area (Å²) in [4.78, 5) is 12.8. The Morgan fingerprint density at radius 3 is 2.07 bits per heavy atom. The van der Waals surface area contributed by atoms with Crippen molar-refractivity contribution < 1.29 is 9.53 Å². The van der Waals surface area contributed by atoms with Crippen molar-refractivity contribution in [3.63, 3.8) is 0 Å². The number of carbonyl (C=O) groups excluding carboxylic acids is 1. The highest BCUT2D eigenvalue weighted by Gasteiger charge is 2.30. The highest BCUT2D eigenvalue weighted by molar-refractivity contribution is 6.10. The van der Waals surface area contributed by atoms with Gasteiger partial charge in [0.15, 0.2) is 11.4 Å². The Labute approximate surface area is 171 Å². The number of Topliss-reactive ketones (excluding diaryl/α,β-unsaturated/α-hetero) is 1. The van der Waals surface area contributed by atoms with Gasteiger partial charge in [0.25, 0.3) is 0 Å². The van der Waals surface area contributed by atoms with Crippen molar-refractivity contribution >= 4 is 5.78 Å².